The maximum absolute atomic E-state index is 11.9. The number of ether oxygens (including phenoxy) is 1. The van der Waals surface area contributed by atoms with Gasteiger partial charge in [0.15, 0.2) is 6.10 Å². The van der Waals surface area contributed by atoms with Crippen LogP contribution in [0.1, 0.15) is 6.42 Å². The molecular formula is C10H19F3N2O2. The minimum Gasteiger partial charge on any atom is -0.382 e. The van der Waals surface area contributed by atoms with Gasteiger partial charge in [-0.3, -0.25) is 4.90 Å². The number of nitrogens with one attached hydrogen (secondary N) is 1. The Hall–Kier alpha value is -0.370. The van der Waals surface area contributed by atoms with E-state index in [4.69, 9.17) is 9.84 Å². The van der Waals surface area contributed by atoms with Crippen molar-refractivity contribution >= 4 is 0 Å². The maximum atomic E-state index is 11.9. The first-order valence-corrected chi connectivity index (χ1v) is 5.76. The summed E-state index contributed by atoms with van der Waals surface area (Å²) in [6, 6.07) is 0. The van der Waals surface area contributed by atoms with E-state index in [1.165, 1.54) is 0 Å². The van der Waals surface area contributed by atoms with E-state index in [2.05, 4.69) is 10.2 Å². The normalized spacial score (nSPS) is 20.5. The first-order chi connectivity index (χ1) is 8.00. The Bertz CT molecular complexity index is 208. The number of halogens is 3. The van der Waals surface area contributed by atoms with Gasteiger partial charge < -0.3 is 15.2 Å². The molecule has 1 aliphatic heterocycles. The van der Waals surface area contributed by atoms with E-state index in [-0.39, 0.29) is 0 Å². The quantitative estimate of drug-likeness (QED) is 0.667. The molecule has 0 saturated carbocycles. The van der Waals surface area contributed by atoms with Gasteiger partial charge in [0.25, 0.3) is 0 Å². The van der Waals surface area contributed by atoms with Crippen LogP contribution in [0.5, 0.6) is 0 Å². The smallest absolute Gasteiger partial charge is 0.382 e. The molecule has 1 fully saturated rings. The van der Waals surface area contributed by atoms with E-state index in [0.717, 1.165) is 39.3 Å². The summed E-state index contributed by atoms with van der Waals surface area (Å²) in [5.41, 5.74) is 0. The number of hydrogen-bond acceptors (Lipinski definition) is 4. The molecule has 1 aliphatic rings. The monoisotopic (exact) mass is 256 g/mol. The molecule has 4 nitrogen and oxygen atoms in total. The number of alkyl halides is 3. The van der Waals surface area contributed by atoms with Gasteiger partial charge in [-0.2, -0.15) is 13.2 Å². The Morgan fingerprint density at radius 2 is 1.94 bits per heavy atom. The molecule has 1 unspecified atom stereocenters. The first kappa shape index (κ1) is 14.7. The zero-order chi connectivity index (χ0) is 12.7. The lowest BCUT2D eigenvalue weighted by atomic mass is 10.3. The van der Waals surface area contributed by atoms with Gasteiger partial charge in [-0.1, -0.05) is 0 Å². The Kier molecular flexibility index (Phi) is 6.18. The van der Waals surface area contributed by atoms with Crippen molar-refractivity contribution in [2.75, 3.05) is 45.9 Å². The van der Waals surface area contributed by atoms with Crippen molar-refractivity contribution in [2.24, 2.45) is 0 Å². The van der Waals surface area contributed by atoms with Crippen LogP contribution in [0.15, 0.2) is 0 Å². The van der Waals surface area contributed by atoms with Crippen LogP contribution in [0.2, 0.25) is 0 Å². The average Bonchev–Trinajstić information content (AvgIpc) is 2.28. The van der Waals surface area contributed by atoms with Gasteiger partial charge in [0.1, 0.15) is 0 Å². The van der Waals surface area contributed by atoms with Gasteiger partial charge in [0.05, 0.1) is 13.2 Å². The van der Waals surface area contributed by atoms with Crippen molar-refractivity contribution in [2.45, 2.75) is 18.7 Å². The molecular weight excluding hydrogens is 237 g/mol. The Morgan fingerprint density at radius 1 is 1.29 bits per heavy atom. The van der Waals surface area contributed by atoms with Crippen molar-refractivity contribution in [1.82, 2.24) is 10.2 Å². The third-order valence-electron chi connectivity index (χ3n) is 2.65. The van der Waals surface area contributed by atoms with Crippen LogP contribution in [0, 0.1) is 0 Å². The van der Waals surface area contributed by atoms with Crippen molar-refractivity contribution in [3.63, 3.8) is 0 Å². The Morgan fingerprint density at radius 3 is 2.53 bits per heavy atom. The lowest BCUT2D eigenvalue weighted by Gasteiger charge is -2.26. The van der Waals surface area contributed by atoms with E-state index in [1.54, 1.807) is 0 Å². The SMILES string of the molecule is OC(CNCCCN1CCOCC1)C(F)(F)F. The molecule has 1 saturated heterocycles. The van der Waals surface area contributed by atoms with Crippen LogP contribution in [0.4, 0.5) is 13.2 Å². The topological polar surface area (TPSA) is 44.7 Å². The standard InChI is InChI=1S/C10H19F3N2O2/c11-10(12,13)9(16)8-14-2-1-3-15-4-6-17-7-5-15/h9,14,16H,1-8H2. The van der Waals surface area contributed by atoms with Crippen LogP contribution in [0.3, 0.4) is 0 Å². The van der Waals surface area contributed by atoms with Crippen molar-refractivity contribution in [3.05, 3.63) is 0 Å². The lowest BCUT2D eigenvalue weighted by molar-refractivity contribution is -0.201. The highest BCUT2D eigenvalue weighted by Crippen LogP contribution is 2.19. The zero-order valence-electron chi connectivity index (χ0n) is 9.67. The molecule has 1 atom stereocenters. The zero-order valence-corrected chi connectivity index (χ0v) is 9.67. The van der Waals surface area contributed by atoms with E-state index >= 15 is 0 Å². The molecule has 0 spiro atoms. The molecule has 2 N–H and O–H groups in total. The minimum atomic E-state index is -4.53. The van der Waals surface area contributed by atoms with E-state index in [9.17, 15) is 13.2 Å². The minimum absolute atomic E-state index is 0.438. The second kappa shape index (κ2) is 7.15. The molecule has 0 radical (unpaired) electrons. The predicted molar refractivity (Wildman–Crippen MR) is 56.8 cm³/mol. The van der Waals surface area contributed by atoms with Gasteiger partial charge in [-0.15, -0.1) is 0 Å². The molecule has 0 aromatic heterocycles. The van der Waals surface area contributed by atoms with Crippen LogP contribution in [-0.2, 0) is 4.74 Å². The fourth-order valence-electron chi connectivity index (χ4n) is 1.61. The number of morpholine rings is 1. The maximum Gasteiger partial charge on any atom is 0.415 e. The molecule has 0 aliphatic carbocycles. The van der Waals surface area contributed by atoms with E-state index in [0.29, 0.717) is 6.54 Å². The summed E-state index contributed by atoms with van der Waals surface area (Å²) in [5, 5.41) is 11.3. The molecule has 1 heterocycles. The summed E-state index contributed by atoms with van der Waals surface area (Å²) in [7, 11) is 0. The van der Waals surface area contributed by atoms with Gasteiger partial charge in [0, 0.05) is 19.6 Å². The number of nitrogens with zero attached hydrogens (tertiary/aromatic N) is 1. The summed E-state index contributed by atoms with van der Waals surface area (Å²) < 4.78 is 41.0. The molecule has 102 valence electrons. The van der Waals surface area contributed by atoms with E-state index in [1.807, 2.05) is 0 Å². The average molecular weight is 256 g/mol. The van der Waals surface area contributed by atoms with Crippen LogP contribution in [-0.4, -0.2) is 68.2 Å². The third-order valence-corrected chi connectivity index (χ3v) is 2.65. The number of aliphatic hydroxyl groups is 1. The molecule has 7 heteroatoms. The summed E-state index contributed by atoms with van der Waals surface area (Å²) in [6.45, 7) is 4.09. The first-order valence-electron chi connectivity index (χ1n) is 5.76. The molecule has 0 bridgehead atoms. The van der Waals surface area contributed by atoms with Crippen molar-refractivity contribution < 1.29 is 23.0 Å². The second-order valence-corrected chi connectivity index (χ2v) is 4.07. The summed E-state index contributed by atoms with van der Waals surface area (Å²) >= 11 is 0. The second-order valence-electron chi connectivity index (χ2n) is 4.07. The fraction of sp³-hybridized carbons (Fsp3) is 1.00. The predicted octanol–water partition coefficient (Wildman–Crippen LogP) is 0.222. The van der Waals surface area contributed by atoms with Crippen LogP contribution < -0.4 is 5.32 Å². The van der Waals surface area contributed by atoms with Gasteiger partial charge in [-0.05, 0) is 19.5 Å². The van der Waals surface area contributed by atoms with Gasteiger partial charge >= 0.3 is 6.18 Å². The summed E-state index contributed by atoms with van der Waals surface area (Å²) in [6.07, 6.45) is -6.03. The van der Waals surface area contributed by atoms with Crippen molar-refractivity contribution in [1.29, 1.82) is 0 Å². The highest BCUT2D eigenvalue weighted by Gasteiger charge is 2.37. The number of aliphatic hydroxyl groups excluding tert-OH is 1. The number of rotatable bonds is 6. The molecule has 0 aromatic carbocycles. The van der Waals surface area contributed by atoms with E-state index < -0.39 is 18.8 Å². The Labute approximate surface area is 98.7 Å². The molecule has 17 heavy (non-hydrogen) atoms. The van der Waals surface area contributed by atoms with Crippen LogP contribution >= 0.6 is 0 Å². The van der Waals surface area contributed by atoms with Gasteiger partial charge in [-0.25, -0.2) is 0 Å². The summed E-state index contributed by atoms with van der Waals surface area (Å²) in [4.78, 5) is 2.21. The third kappa shape index (κ3) is 6.21. The highest BCUT2D eigenvalue weighted by molar-refractivity contribution is 4.68. The molecule has 0 amide bonds. The molecule has 0 aromatic rings. The van der Waals surface area contributed by atoms with Crippen molar-refractivity contribution in [3.8, 4) is 0 Å². The lowest BCUT2D eigenvalue weighted by Crippen LogP contribution is -2.40. The highest BCUT2D eigenvalue weighted by atomic mass is 19.4. The summed E-state index contributed by atoms with van der Waals surface area (Å²) in [5.74, 6) is 0. The van der Waals surface area contributed by atoms with Gasteiger partial charge in [0.2, 0.25) is 0 Å². The fourth-order valence-corrected chi connectivity index (χ4v) is 1.61. The Balaban J connectivity index is 1.97. The largest absolute Gasteiger partial charge is 0.415 e. The van der Waals surface area contributed by atoms with Crippen LogP contribution in [0.25, 0.3) is 0 Å². The number of hydrogen-bond donors (Lipinski definition) is 2. The molecule has 1 rings (SSSR count).